The number of benzene rings is 2. The molecule has 0 unspecified atom stereocenters. The minimum absolute atomic E-state index is 0.132. The van der Waals surface area contributed by atoms with E-state index in [1.54, 1.807) is 30.3 Å². The molecule has 0 radical (unpaired) electrons. The molecule has 0 aliphatic carbocycles. The molecule has 0 aliphatic rings. The summed E-state index contributed by atoms with van der Waals surface area (Å²) in [5, 5.41) is 8.74. The fourth-order valence-corrected chi connectivity index (χ4v) is 2.90. The van der Waals surface area contributed by atoms with E-state index in [0.717, 1.165) is 22.5 Å². The first-order valence-corrected chi connectivity index (χ1v) is 9.20. The molecule has 3 N–H and O–H groups in total. The van der Waals surface area contributed by atoms with Gasteiger partial charge in [0.1, 0.15) is 5.69 Å². The largest absolute Gasteiger partial charge is 0.326 e. The quantitative estimate of drug-likeness (QED) is 0.603. The number of nitrogens with one attached hydrogen (secondary N) is 3. The van der Waals surface area contributed by atoms with Gasteiger partial charge in [0.05, 0.1) is 0 Å². The summed E-state index contributed by atoms with van der Waals surface area (Å²) in [5.41, 5.74) is 5.15. The summed E-state index contributed by atoms with van der Waals surface area (Å²) in [7, 11) is 0. The third kappa shape index (κ3) is 5.16. The zero-order chi connectivity index (χ0) is 21.0. The summed E-state index contributed by atoms with van der Waals surface area (Å²) in [5.74, 6) is -0.104. The standard InChI is InChI=1S/C22H23N5O2/c1-13-6-5-7-14(2)20(13)27-21(29)19-12-15(3)23-22(26-19)25-18-10-8-17(9-11-18)24-16(4)28/h5-12H,1-4H3,(H,24,28)(H,27,29)(H,23,25,26). The normalized spacial score (nSPS) is 10.3. The van der Waals surface area contributed by atoms with Gasteiger partial charge in [-0.15, -0.1) is 0 Å². The molecule has 3 rings (SSSR count). The van der Waals surface area contributed by atoms with E-state index in [2.05, 4.69) is 25.9 Å². The Labute approximate surface area is 169 Å². The maximum absolute atomic E-state index is 12.8. The summed E-state index contributed by atoms with van der Waals surface area (Å²) >= 11 is 0. The number of aryl methyl sites for hydroxylation is 3. The number of nitrogens with zero attached hydrogens (tertiary/aromatic N) is 2. The van der Waals surface area contributed by atoms with E-state index in [9.17, 15) is 9.59 Å². The maximum atomic E-state index is 12.8. The van der Waals surface area contributed by atoms with E-state index in [1.807, 2.05) is 39.0 Å². The van der Waals surface area contributed by atoms with E-state index < -0.39 is 0 Å². The maximum Gasteiger partial charge on any atom is 0.274 e. The highest BCUT2D eigenvalue weighted by Gasteiger charge is 2.13. The van der Waals surface area contributed by atoms with Crippen molar-refractivity contribution in [2.45, 2.75) is 27.7 Å². The van der Waals surface area contributed by atoms with Crippen LogP contribution in [-0.2, 0) is 4.79 Å². The first kappa shape index (κ1) is 20.0. The van der Waals surface area contributed by atoms with Gasteiger partial charge in [0, 0.05) is 29.7 Å². The van der Waals surface area contributed by atoms with Gasteiger partial charge in [-0.1, -0.05) is 18.2 Å². The van der Waals surface area contributed by atoms with Gasteiger partial charge in [0.15, 0.2) is 0 Å². The summed E-state index contributed by atoms with van der Waals surface area (Å²) in [6, 6.07) is 14.6. The van der Waals surface area contributed by atoms with E-state index in [0.29, 0.717) is 17.3 Å². The second kappa shape index (κ2) is 8.52. The highest BCUT2D eigenvalue weighted by atomic mass is 16.2. The molecule has 0 aliphatic heterocycles. The number of anilines is 4. The van der Waals surface area contributed by atoms with Crippen molar-refractivity contribution in [2.24, 2.45) is 0 Å². The number of hydrogen-bond donors (Lipinski definition) is 3. The van der Waals surface area contributed by atoms with E-state index in [4.69, 9.17) is 0 Å². The third-order valence-corrected chi connectivity index (χ3v) is 4.27. The average Bonchev–Trinajstić information content (AvgIpc) is 2.65. The molecule has 0 bridgehead atoms. The van der Waals surface area contributed by atoms with Gasteiger partial charge in [0.25, 0.3) is 5.91 Å². The number of aromatic nitrogens is 2. The monoisotopic (exact) mass is 389 g/mol. The van der Waals surface area contributed by atoms with Gasteiger partial charge in [0.2, 0.25) is 11.9 Å². The second-order valence-electron chi connectivity index (χ2n) is 6.82. The van der Waals surface area contributed by atoms with Crippen LogP contribution in [0.5, 0.6) is 0 Å². The van der Waals surface area contributed by atoms with Crippen LogP contribution in [0, 0.1) is 20.8 Å². The molecule has 7 heteroatoms. The van der Waals surface area contributed by atoms with Crippen molar-refractivity contribution in [3.05, 3.63) is 71.0 Å². The first-order valence-electron chi connectivity index (χ1n) is 9.20. The van der Waals surface area contributed by atoms with Gasteiger partial charge >= 0.3 is 0 Å². The predicted molar refractivity (Wildman–Crippen MR) is 115 cm³/mol. The first-order chi connectivity index (χ1) is 13.8. The Bertz CT molecular complexity index is 1040. The number of rotatable bonds is 5. The molecule has 1 heterocycles. The lowest BCUT2D eigenvalue weighted by Crippen LogP contribution is -2.17. The summed E-state index contributed by atoms with van der Waals surface area (Å²) in [6.07, 6.45) is 0. The molecule has 0 fully saturated rings. The molecule has 7 nitrogen and oxygen atoms in total. The zero-order valence-corrected chi connectivity index (χ0v) is 16.8. The molecule has 3 aromatic rings. The third-order valence-electron chi connectivity index (χ3n) is 4.27. The molecule has 29 heavy (non-hydrogen) atoms. The minimum Gasteiger partial charge on any atom is -0.326 e. The zero-order valence-electron chi connectivity index (χ0n) is 16.8. The van der Waals surface area contributed by atoms with Gasteiger partial charge in [-0.05, 0) is 62.2 Å². The minimum atomic E-state index is -0.294. The number of carbonyl (C=O) groups excluding carboxylic acids is 2. The highest BCUT2D eigenvalue weighted by Crippen LogP contribution is 2.21. The van der Waals surface area contributed by atoms with Crippen LogP contribution < -0.4 is 16.0 Å². The van der Waals surface area contributed by atoms with E-state index in [1.165, 1.54) is 6.92 Å². The van der Waals surface area contributed by atoms with Crippen LogP contribution in [0.15, 0.2) is 48.5 Å². The molecule has 0 spiro atoms. The van der Waals surface area contributed by atoms with Crippen LogP contribution in [0.3, 0.4) is 0 Å². The van der Waals surface area contributed by atoms with Crippen LogP contribution >= 0.6 is 0 Å². The molecule has 2 aromatic carbocycles. The Morgan fingerprint density at radius 2 is 1.45 bits per heavy atom. The van der Waals surface area contributed by atoms with Crippen molar-refractivity contribution in [1.29, 1.82) is 0 Å². The van der Waals surface area contributed by atoms with Crippen LogP contribution in [-0.4, -0.2) is 21.8 Å². The second-order valence-corrected chi connectivity index (χ2v) is 6.82. The van der Waals surface area contributed by atoms with Crippen molar-refractivity contribution >= 4 is 34.8 Å². The van der Waals surface area contributed by atoms with Crippen molar-refractivity contribution < 1.29 is 9.59 Å². The lowest BCUT2D eigenvalue weighted by molar-refractivity contribution is -0.114. The van der Waals surface area contributed by atoms with Crippen molar-refractivity contribution in [2.75, 3.05) is 16.0 Å². The number of amides is 2. The number of para-hydroxylation sites is 1. The van der Waals surface area contributed by atoms with Crippen molar-refractivity contribution in [1.82, 2.24) is 9.97 Å². The molecule has 1 aromatic heterocycles. The van der Waals surface area contributed by atoms with Gasteiger partial charge in [-0.25, -0.2) is 9.97 Å². The SMILES string of the molecule is CC(=O)Nc1ccc(Nc2nc(C)cc(C(=O)Nc3c(C)cccc3C)n2)cc1. The molecular weight excluding hydrogens is 366 g/mol. The smallest absolute Gasteiger partial charge is 0.274 e. The number of hydrogen-bond acceptors (Lipinski definition) is 5. The Morgan fingerprint density at radius 3 is 2.07 bits per heavy atom. The molecule has 0 saturated carbocycles. The summed E-state index contributed by atoms with van der Waals surface area (Å²) in [4.78, 5) is 32.6. The fraction of sp³-hybridized carbons (Fsp3) is 0.182. The summed E-state index contributed by atoms with van der Waals surface area (Å²) < 4.78 is 0. The van der Waals surface area contributed by atoms with Gasteiger partial charge in [-0.2, -0.15) is 0 Å². The molecule has 0 saturated heterocycles. The highest BCUT2D eigenvalue weighted by molar-refractivity contribution is 6.04. The van der Waals surface area contributed by atoms with Crippen LogP contribution in [0.2, 0.25) is 0 Å². The summed E-state index contributed by atoms with van der Waals surface area (Å²) in [6.45, 7) is 7.16. The van der Waals surface area contributed by atoms with Gasteiger partial charge < -0.3 is 16.0 Å². The molecule has 0 atom stereocenters. The van der Waals surface area contributed by atoms with E-state index >= 15 is 0 Å². The molecule has 148 valence electrons. The lowest BCUT2D eigenvalue weighted by atomic mass is 10.1. The topological polar surface area (TPSA) is 96.0 Å². The van der Waals surface area contributed by atoms with Crippen molar-refractivity contribution in [3.8, 4) is 0 Å². The Morgan fingerprint density at radius 1 is 0.828 bits per heavy atom. The predicted octanol–water partition coefficient (Wildman–Crippen LogP) is 4.36. The molecule has 2 amide bonds. The van der Waals surface area contributed by atoms with Crippen molar-refractivity contribution in [3.63, 3.8) is 0 Å². The van der Waals surface area contributed by atoms with Crippen LogP contribution in [0.1, 0.15) is 34.2 Å². The van der Waals surface area contributed by atoms with Gasteiger partial charge in [-0.3, -0.25) is 9.59 Å². The lowest BCUT2D eigenvalue weighted by Gasteiger charge is -2.12. The fourth-order valence-electron chi connectivity index (χ4n) is 2.90. The van der Waals surface area contributed by atoms with E-state index in [-0.39, 0.29) is 17.5 Å². The Kier molecular flexibility index (Phi) is 5.87. The molecular formula is C22H23N5O2. The van der Waals surface area contributed by atoms with Crippen LogP contribution in [0.25, 0.3) is 0 Å². The van der Waals surface area contributed by atoms with Crippen LogP contribution in [0.4, 0.5) is 23.0 Å². The number of carbonyl (C=O) groups is 2. The average molecular weight is 389 g/mol. The Hall–Kier alpha value is -3.74. The Balaban J connectivity index is 1.79.